The van der Waals surface area contributed by atoms with E-state index >= 15 is 0 Å². The lowest BCUT2D eigenvalue weighted by atomic mass is 9.73. The van der Waals surface area contributed by atoms with Gasteiger partial charge in [0.05, 0.1) is 15.7 Å². The lowest BCUT2D eigenvalue weighted by molar-refractivity contribution is 0.176. The maximum Gasteiger partial charge on any atom is 0.139 e. The SMILES string of the molecule is CCC1(CCc2ncnc3cc(F)c(Br)cc23)CCNCC1. The number of piperidine rings is 1. The fourth-order valence-corrected chi connectivity index (χ4v) is 3.77. The minimum absolute atomic E-state index is 0.277. The van der Waals surface area contributed by atoms with Gasteiger partial charge in [-0.2, -0.15) is 0 Å². The fraction of sp³-hybridized carbons (Fsp3) is 0.529. The molecule has 0 aliphatic carbocycles. The average Bonchev–Trinajstić information content (AvgIpc) is 2.55. The van der Waals surface area contributed by atoms with E-state index in [2.05, 4.69) is 38.1 Å². The highest BCUT2D eigenvalue weighted by molar-refractivity contribution is 9.10. The smallest absolute Gasteiger partial charge is 0.139 e. The molecule has 0 unspecified atom stereocenters. The lowest BCUT2D eigenvalue weighted by Crippen LogP contribution is -2.36. The number of hydrogen-bond acceptors (Lipinski definition) is 3. The molecule has 118 valence electrons. The molecule has 1 aromatic heterocycles. The number of fused-ring (bicyclic) bond motifs is 1. The molecule has 2 aromatic rings. The number of hydrogen-bond donors (Lipinski definition) is 1. The van der Waals surface area contributed by atoms with Crippen LogP contribution >= 0.6 is 15.9 Å². The third-order valence-electron chi connectivity index (χ3n) is 5.07. The van der Waals surface area contributed by atoms with E-state index in [0.29, 0.717) is 15.4 Å². The van der Waals surface area contributed by atoms with E-state index in [9.17, 15) is 4.39 Å². The summed E-state index contributed by atoms with van der Waals surface area (Å²) in [6.45, 7) is 4.50. The Balaban J connectivity index is 1.86. The maximum atomic E-state index is 13.7. The number of aromatic nitrogens is 2. The normalized spacial score (nSPS) is 17.8. The summed E-state index contributed by atoms with van der Waals surface area (Å²) < 4.78 is 14.1. The first-order chi connectivity index (χ1) is 10.6. The molecular weight excluding hydrogens is 345 g/mol. The number of halogens is 2. The minimum atomic E-state index is -0.277. The summed E-state index contributed by atoms with van der Waals surface area (Å²) in [5.74, 6) is -0.277. The third-order valence-corrected chi connectivity index (χ3v) is 5.67. The lowest BCUT2D eigenvalue weighted by Gasteiger charge is -2.37. The number of nitrogens with zero attached hydrogens (tertiary/aromatic N) is 2. The highest BCUT2D eigenvalue weighted by atomic mass is 79.9. The Morgan fingerprint density at radius 3 is 2.77 bits per heavy atom. The summed E-state index contributed by atoms with van der Waals surface area (Å²) in [5.41, 5.74) is 2.12. The third kappa shape index (κ3) is 3.15. The van der Waals surface area contributed by atoms with Gasteiger partial charge in [-0.25, -0.2) is 14.4 Å². The van der Waals surface area contributed by atoms with Crippen LogP contribution in [0.1, 0.15) is 38.3 Å². The monoisotopic (exact) mass is 365 g/mol. The average molecular weight is 366 g/mol. The first-order valence-electron chi connectivity index (χ1n) is 7.93. The van der Waals surface area contributed by atoms with Crippen LogP contribution in [0.25, 0.3) is 10.9 Å². The van der Waals surface area contributed by atoms with Crippen LogP contribution in [-0.2, 0) is 6.42 Å². The molecule has 1 aliphatic rings. The quantitative estimate of drug-likeness (QED) is 0.880. The van der Waals surface area contributed by atoms with E-state index < -0.39 is 0 Å². The molecule has 0 amide bonds. The van der Waals surface area contributed by atoms with Crippen molar-refractivity contribution in [2.24, 2.45) is 5.41 Å². The van der Waals surface area contributed by atoms with E-state index in [4.69, 9.17) is 0 Å². The zero-order chi connectivity index (χ0) is 15.6. The largest absolute Gasteiger partial charge is 0.317 e. The van der Waals surface area contributed by atoms with Gasteiger partial charge in [-0.1, -0.05) is 13.3 Å². The second-order valence-electron chi connectivity index (χ2n) is 6.21. The molecule has 1 fully saturated rings. The molecule has 0 bridgehead atoms. The molecule has 1 aliphatic heterocycles. The summed E-state index contributed by atoms with van der Waals surface area (Å²) in [4.78, 5) is 8.65. The molecule has 0 radical (unpaired) electrons. The van der Waals surface area contributed by atoms with Gasteiger partial charge in [0.1, 0.15) is 12.1 Å². The Morgan fingerprint density at radius 2 is 2.05 bits per heavy atom. The van der Waals surface area contributed by atoms with E-state index in [-0.39, 0.29) is 5.82 Å². The molecule has 1 N–H and O–H groups in total. The second-order valence-corrected chi connectivity index (χ2v) is 7.06. The van der Waals surface area contributed by atoms with Gasteiger partial charge in [-0.05, 0) is 66.2 Å². The summed E-state index contributed by atoms with van der Waals surface area (Å²) >= 11 is 3.26. The minimum Gasteiger partial charge on any atom is -0.317 e. The van der Waals surface area contributed by atoms with E-state index in [1.54, 1.807) is 12.4 Å². The number of rotatable bonds is 4. The van der Waals surface area contributed by atoms with Crippen molar-refractivity contribution in [1.29, 1.82) is 0 Å². The van der Waals surface area contributed by atoms with Gasteiger partial charge < -0.3 is 5.32 Å². The van der Waals surface area contributed by atoms with E-state index in [0.717, 1.165) is 37.0 Å². The second kappa shape index (κ2) is 6.59. The maximum absolute atomic E-state index is 13.7. The van der Waals surface area contributed by atoms with Crippen LogP contribution in [0.5, 0.6) is 0 Å². The number of benzene rings is 1. The Hall–Kier alpha value is -1.07. The zero-order valence-electron chi connectivity index (χ0n) is 12.8. The Bertz CT molecular complexity index is 668. The summed E-state index contributed by atoms with van der Waals surface area (Å²) in [6.07, 6.45) is 7.26. The van der Waals surface area contributed by atoms with Crippen molar-refractivity contribution < 1.29 is 4.39 Å². The van der Waals surface area contributed by atoms with Crippen LogP contribution in [-0.4, -0.2) is 23.1 Å². The molecule has 3 nitrogen and oxygen atoms in total. The van der Waals surface area contributed by atoms with Gasteiger partial charge >= 0.3 is 0 Å². The zero-order valence-corrected chi connectivity index (χ0v) is 14.4. The van der Waals surface area contributed by atoms with Crippen molar-refractivity contribution in [3.05, 3.63) is 34.4 Å². The van der Waals surface area contributed by atoms with Crippen molar-refractivity contribution in [2.75, 3.05) is 13.1 Å². The van der Waals surface area contributed by atoms with Crippen molar-refractivity contribution in [2.45, 2.75) is 39.0 Å². The number of aryl methyl sites for hydroxylation is 1. The van der Waals surface area contributed by atoms with Crippen LogP contribution < -0.4 is 5.32 Å². The van der Waals surface area contributed by atoms with Crippen LogP contribution in [0.15, 0.2) is 22.9 Å². The van der Waals surface area contributed by atoms with Gasteiger partial charge in [0.25, 0.3) is 0 Å². The number of nitrogens with one attached hydrogen (secondary N) is 1. The van der Waals surface area contributed by atoms with E-state index in [1.165, 1.54) is 25.3 Å². The predicted molar refractivity (Wildman–Crippen MR) is 90.3 cm³/mol. The van der Waals surface area contributed by atoms with E-state index in [1.807, 2.05) is 0 Å². The fourth-order valence-electron chi connectivity index (χ4n) is 3.42. The first-order valence-corrected chi connectivity index (χ1v) is 8.72. The Labute approximate surface area is 138 Å². The van der Waals surface area contributed by atoms with Gasteiger partial charge in [0, 0.05) is 11.5 Å². The van der Waals surface area contributed by atoms with Crippen LogP contribution in [0.4, 0.5) is 4.39 Å². The first kappa shape index (κ1) is 15.8. The van der Waals surface area contributed by atoms with Crippen molar-refractivity contribution in [3.63, 3.8) is 0 Å². The summed E-state index contributed by atoms with van der Waals surface area (Å²) in [6, 6.07) is 3.28. The van der Waals surface area contributed by atoms with Gasteiger partial charge in [0.2, 0.25) is 0 Å². The summed E-state index contributed by atoms with van der Waals surface area (Å²) in [5, 5.41) is 4.40. The highest BCUT2D eigenvalue weighted by Crippen LogP contribution is 2.37. The van der Waals surface area contributed by atoms with Gasteiger partial charge in [-0.15, -0.1) is 0 Å². The molecule has 0 spiro atoms. The molecule has 2 heterocycles. The Morgan fingerprint density at radius 1 is 1.27 bits per heavy atom. The predicted octanol–water partition coefficient (Wildman–Crippen LogP) is 4.24. The summed E-state index contributed by atoms with van der Waals surface area (Å²) in [7, 11) is 0. The molecular formula is C17H21BrFN3. The van der Waals surface area contributed by atoms with Crippen LogP contribution in [0.2, 0.25) is 0 Å². The molecule has 5 heteroatoms. The molecule has 1 saturated heterocycles. The Kier molecular flexibility index (Phi) is 4.73. The van der Waals surface area contributed by atoms with Crippen molar-refractivity contribution >= 4 is 26.8 Å². The topological polar surface area (TPSA) is 37.8 Å². The molecule has 3 rings (SSSR count). The molecule has 1 aromatic carbocycles. The molecule has 0 saturated carbocycles. The highest BCUT2D eigenvalue weighted by Gasteiger charge is 2.29. The standard InChI is InChI=1S/C17H21BrFN3/c1-2-17(5-7-20-8-6-17)4-3-15-12-9-13(18)14(19)10-16(12)22-11-21-15/h9-11,20H,2-8H2,1H3. The van der Waals surface area contributed by atoms with Crippen molar-refractivity contribution in [1.82, 2.24) is 15.3 Å². The van der Waals surface area contributed by atoms with Crippen molar-refractivity contribution in [3.8, 4) is 0 Å². The molecule has 0 atom stereocenters. The van der Waals surface area contributed by atoms with Gasteiger partial charge in [-0.3, -0.25) is 0 Å². The van der Waals surface area contributed by atoms with Gasteiger partial charge in [0.15, 0.2) is 0 Å². The van der Waals surface area contributed by atoms with Crippen LogP contribution in [0.3, 0.4) is 0 Å². The van der Waals surface area contributed by atoms with Crippen LogP contribution in [0, 0.1) is 11.2 Å². The molecule has 22 heavy (non-hydrogen) atoms.